The van der Waals surface area contributed by atoms with Crippen LogP contribution in [0.3, 0.4) is 0 Å². The predicted octanol–water partition coefficient (Wildman–Crippen LogP) is 4.73. The number of nitrogens with one attached hydrogen (secondary N) is 3. The van der Waals surface area contributed by atoms with Crippen molar-refractivity contribution >= 4 is 33.2 Å². The SMILES string of the molecule is CC(C)[C@H](NC(=O)[C@@H]1CCCN1)C(=O)N=[S@](C)(=O)Cc1cc2cc(c1)OCCCCOc1cc(F)ccc1-c1nc(ncc1F)N2. The lowest BCUT2D eigenvalue weighted by molar-refractivity contribution is -0.129. The molecule has 2 aliphatic rings. The Morgan fingerprint density at radius 3 is 2.63 bits per heavy atom. The molecule has 3 aromatic rings. The highest BCUT2D eigenvalue weighted by Crippen LogP contribution is 2.33. The molecule has 3 N–H and O–H groups in total. The molecule has 0 saturated carbocycles. The number of carbonyl (C=O) groups excluding carboxylic acids is 2. The molecule has 1 aromatic heterocycles. The fraction of sp³-hybridized carbons (Fsp3) is 0.438. The topological polar surface area (TPSA) is 144 Å². The van der Waals surface area contributed by atoms with Crippen molar-refractivity contribution in [3.8, 4) is 22.8 Å². The van der Waals surface area contributed by atoms with E-state index >= 15 is 0 Å². The third kappa shape index (κ3) is 8.55. The van der Waals surface area contributed by atoms with Gasteiger partial charge in [0, 0.05) is 29.6 Å². The highest BCUT2D eigenvalue weighted by molar-refractivity contribution is 7.92. The first-order valence-electron chi connectivity index (χ1n) is 15.2. The molecule has 5 rings (SSSR count). The van der Waals surface area contributed by atoms with Crippen molar-refractivity contribution in [1.82, 2.24) is 20.6 Å². The highest BCUT2D eigenvalue weighted by Gasteiger charge is 2.30. The first kappa shape index (κ1) is 33.2. The number of hydrogen-bond acceptors (Lipinski definition) is 9. The summed E-state index contributed by atoms with van der Waals surface area (Å²) in [5, 5.41) is 8.94. The smallest absolute Gasteiger partial charge is 0.276 e. The maximum Gasteiger partial charge on any atom is 0.276 e. The Balaban J connectivity index is 1.42. The van der Waals surface area contributed by atoms with Crippen molar-refractivity contribution in [3.05, 3.63) is 59.8 Å². The van der Waals surface area contributed by atoms with Gasteiger partial charge in [-0.25, -0.2) is 23.0 Å². The molecular formula is C32H38F2N6O5S. The van der Waals surface area contributed by atoms with E-state index in [4.69, 9.17) is 9.47 Å². The number of nitrogens with zero attached hydrogens (tertiary/aromatic N) is 3. The zero-order valence-corrected chi connectivity index (χ0v) is 26.8. The van der Waals surface area contributed by atoms with Gasteiger partial charge in [-0.1, -0.05) is 13.8 Å². The number of hydrogen-bond donors (Lipinski definition) is 3. The molecule has 246 valence electrons. The number of anilines is 2. The molecule has 14 heteroatoms. The molecule has 0 unspecified atom stereocenters. The number of amides is 2. The Morgan fingerprint density at radius 2 is 1.89 bits per heavy atom. The van der Waals surface area contributed by atoms with Gasteiger partial charge in [-0.2, -0.15) is 4.36 Å². The number of rotatable bonds is 6. The van der Waals surface area contributed by atoms with Crippen LogP contribution in [0.15, 0.2) is 47.0 Å². The Morgan fingerprint density at radius 1 is 1.11 bits per heavy atom. The monoisotopic (exact) mass is 656 g/mol. The summed E-state index contributed by atoms with van der Waals surface area (Å²) >= 11 is 0. The van der Waals surface area contributed by atoms with Gasteiger partial charge >= 0.3 is 0 Å². The summed E-state index contributed by atoms with van der Waals surface area (Å²) < 4.78 is 58.5. The van der Waals surface area contributed by atoms with Gasteiger partial charge in [0.1, 0.15) is 29.1 Å². The van der Waals surface area contributed by atoms with Crippen molar-refractivity contribution in [2.75, 3.05) is 31.3 Å². The van der Waals surface area contributed by atoms with Crippen LogP contribution in [0.4, 0.5) is 20.4 Å². The van der Waals surface area contributed by atoms with Crippen LogP contribution >= 0.6 is 0 Å². The number of aromatic nitrogens is 2. The summed E-state index contributed by atoms with van der Waals surface area (Å²) in [5.41, 5.74) is 1.23. The second-order valence-electron chi connectivity index (χ2n) is 11.8. The Hall–Kier alpha value is -4.17. The molecule has 0 radical (unpaired) electrons. The van der Waals surface area contributed by atoms with Crippen LogP contribution in [0.1, 0.15) is 45.1 Å². The van der Waals surface area contributed by atoms with E-state index in [2.05, 4.69) is 30.3 Å². The van der Waals surface area contributed by atoms with E-state index in [1.54, 1.807) is 32.0 Å². The van der Waals surface area contributed by atoms with E-state index in [0.717, 1.165) is 19.2 Å². The van der Waals surface area contributed by atoms with Crippen LogP contribution in [0.2, 0.25) is 0 Å². The van der Waals surface area contributed by atoms with Crippen LogP contribution in [0.25, 0.3) is 11.3 Å². The fourth-order valence-electron chi connectivity index (χ4n) is 5.30. The standard InChI is InChI=1S/C32H38F2N6O5S/c1-19(2)28(38-30(41)26-7-6-10-35-26)31(42)40-46(3,43)18-20-13-22-16-23(14-20)44-11-4-5-12-45-27-15-21(33)8-9-24(27)29-25(34)17-36-32(37-22)39-29/h8-9,13-17,19,26,28,35H,4-7,10-12,18H2,1-3H3,(H,38,41)(H,36,37,39)/t26-,28-,46+/m0/s1. The third-order valence-electron chi connectivity index (χ3n) is 7.56. The summed E-state index contributed by atoms with van der Waals surface area (Å²) in [7, 11) is -3.10. The molecule has 2 aliphatic heterocycles. The van der Waals surface area contributed by atoms with Gasteiger partial charge in [-0.3, -0.25) is 9.59 Å². The molecule has 3 atom stereocenters. The molecule has 1 fully saturated rings. The highest BCUT2D eigenvalue weighted by atomic mass is 32.2. The largest absolute Gasteiger partial charge is 0.494 e. The normalized spacial score (nSPS) is 18.3. The van der Waals surface area contributed by atoms with Crippen molar-refractivity contribution in [2.24, 2.45) is 10.3 Å². The summed E-state index contributed by atoms with van der Waals surface area (Å²) in [6.07, 6.45) is 5.15. The second kappa shape index (κ2) is 14.5. The minimum Gasteiger partial charge on any atom is -0.494 e. The molecule has 4 bridgehead atoms. The maximum atomic E-state index is 14.9. The lowest BCUT2D eigenvalue weighted by atomic mass is 10.0. The molecule has 11 nitrogen and oxygen atoms in total. The van der Waals surface area contributed by atoms with Gasteiger partial charge in [0.05, 0.1) is 40.9 Å². The average Bonchev–Trinajstić information content (AvgIpc) is 3.53. The average molecular weight is 657 g/mol. The zero-order chi connectivity index (χ0) is 32.8. The van der Waals surface area contributed by atoms with Crippen molar-refractivity contribution < 1.29 is 32.1 Å². The number of benzene rings is 2. The predicted molar refractivity (Wildman–Crippen MR) is 170 cm³/mol. The molecule has 46 heavy (non-hydrogen) atoms. The number of ether oxygens (including phenoxy) is 2. The maximum absolute atomic E-state index is 14.9. The molecule has 2 aromatic carbocycles. The molecule has 3 heterocycles. The van der Waals surface area contributed by atoms with E-state index in [-0.39, 0.29) is 53.2 Å². The quantitative estimate of drug-likeness (QED) is 0.343. The third-order valence-corrected chi connectivity index (χ3v) is 8.99. The second-order valence-corrected chi connectivity index (χ2v) is 14.2. The Kier molecular flexibility index (Phi) is 10.5. The van der Waals surface area contributed by atoms with Gasteiger partial charge in [0.25, 0.3) is 5.91 Å². The lowest BCUT2D eigenvalue weighted by Crippen LogP contribution is -2.50. The van der Waals surface area contributed by atoms with Crippen LogP contribution < -0.4 is 25.4 Å². The van der Waals surface area contributed by atoms with Gasteiger partial charge in [0.2, 0.25) is 11.9 Å². The van der Waals surface area contributed by atoms with E-state index in [0.29, 0.717) is 42.9 Å². The molecule has 1 saturated heterocycles. The summed E-state index contributed by atoms with van der Waals surface area (Å²) in [5.74, 6) is -1.85. The zero-order valence-electron chi connectivity index (χ0n) is 26.0. The van der Waals surface area contributed by atoms with Crippen molar-refractivity contribution in [2.45, 2.75) is 57.4 Å². The summed E-state index contributed by atoms with van der Waals surface area (Å²) in [6, 6.07) is 7.64. The lowest BCUT2D eigenvalue weighted by Gasteiger charge is -2.21. The summed E-state index contributed by atoms with van der Waals surface area (Å²) in [4.78, 5) is 34.3. The first-order valence-corrected chi connectivity index (χ1v) is 17.3. The summed E-state index contributed by atoms with van der Waals surface area (Å²) in [6.45, 7) is 4.90. The minimum absolute atomic E-state index is 0.0500. The Bertz CT molecular complexity index is 1720. The van der Waals surface area contributed by atoms with Crippen LogP contribution in [0, 0.1) is 17.6 Å². The van der Waals surface area contributed by atoms with E-state index in [1.807, 2.05) is 0 Å². The Labute approximate surface area is 267 Å². The van der Waals surface area contributed by atoms with Crippen molar-refractivity contribution in [1.29, 1.82) is 0 Å². The van der Waals surface area contributed by atoms with Gasteiger partial charge < -0.3 is 25.4 Å². The van der Waals surface area contributed by atoms with Crippen LogP contribution in [-0.4, -0.2) is 64.1 Å². The van der Waals surface area contributed by atoms with Crippen molar-refractivity contribution in [3.63, 3.8) is 0 Å². The number of halogens is 2. The number of carbonyl (C=O) groups is 2. The molecule has 0 aliphatic carbocycles. The minimum atomic E-state index is -3.10. The van der Waals surface area contributed by atoms with Gasteiger partial charge in [0.15, 0.2) is 5.82 Å². The van der Waals surface area contributed by atoms with Crippen LogP contribution in [0.5, 0.6) is 11.5 Å². The van der Waals surface area contributed by atoms with Crippen LogP contribution in [-0.2, 0) is 25.1 Å². The van der Waals surface area contributed by atoms with E-state index in [1.165, 1.54) is 24.5 Å². The van der Waals surface area contributed by atoms with E-state index in [9.17, 15) is 22.6 Å². The molecular weight excluding hydrogens is 618 g/mol. The van der Waals surface area contributed by atoms with Gasteiger partial charge in [-0.15, -0.1) is 0 Å². The first-order chi connectivity index (χ1) is 22.0. The fourth-order valence-corrected chi connectivity index (χ4v) is 6.64. The van der Waals surface area contributed by atoms with Gasteiger partial charge in [-0.05, 0) is 68.0 Å². The molecule has 0 spiro atoms. The number of fused-ring (bicyclic) bond motifs is 6. The molecule has 2 amide bonds. The van der Waals surface area contributed by atoms with E-state index < -0.39 is 33.3 Å².